The molecule has 2 aromatic rings. The summed E-state index contributed by atoms with van der Waals surface area (Å²) >= 11 is 0. The molecule has 0 bridgehead atoms. The van der Waals surface area contributed by atoms with E-state index >= 15 is 0 Å². The summed E-state index contributed by atoms with van der Waals surface area (Å²) in [6.45, 7) is 4.63. The Morgan fingerprint density at radius 3 is 2.86 bits per heavy atom. The standard InChI is InChI=1S/C17H22N4O/c1-14(22)19-16-6-4-15(5-7-16)11-21-9-2-3-17(21)12-20-10-8-18-13-20/h4-8,10,13,17H,2-3,9,11-12H2,1H3,(H,19,22)/t17-/m0/s1. The van der Waals surface area contributed by atoms with Crippen molar-refractivity contribution in [2.75, 3.05) is 11.9 Å². The molecule has 0 aliphatic carbocycles. The van der Waals surface area contributed by atoms with Gasteiger partial charge in [-0.3, -0.25) is 9.69 Å². The van der Waals surface area contributed by atoms with Gasteiger partial charge in [0.2, 0.25) is 5.91 Å². The van der Waals surface area contributed by atoms with E-state index in [1.54, 1.807) is 0 Å². The second-order valence-electron chi connectivity index (χ2n) is 5.90. The van der Waals surface area contributed by atoms with Gasteiger partial charge in [-0.2, -0.15) is 0 Å². The van der Waals surface area contributed by atoms with E-state index in [9.17, 15) is 4.79 Å². The first kappa shape index (κ1) is 14.8. The Kier molecular flexibility index (Phi) is 4.53. The molecule has 1 atom stereocenters. The number of aromatic nitrogens is 2. The van der Waals surface area contributed by atoms with Crippen LogP contribution < -0.4 is 5.32 Å². The maximum Gasteiger partial charge on any atom is 0.221 e. The van der Waals surface area contributed by atoms with Gasteiger partial charge in [0, 0.05) is 44.1 Å². The van der Waals surface area contributed by atoms with Gasteiger partial charge < -0.3 is 9.88 Å². The minimum Gasteiger partial charge on any atom is -0.336 e. The molecular formula is C17H22N4O. The maximum absolute atomic E-state index is 11.0. The van der Waals surface area contributed by atoms with Crippen LogP contribution in [0.25, 0.3) is 0 Å². The first-order valence-electron chi connectivity index (χ1n) is 7.77. The normalized spacial score (nSPS) is 18.5. The molecule has 2 heterocycles. The van der Waals surface area contributed by atoms with Gasteiger partial charge in [-0.15, -0.1) is 0 Å². The Balaban J connectivity index is 1.60. The Labute approximate surface area is 131 Å². The second-order valence-corrected chi connectivity index (χ2v) is 5.90. The number of benzene rings is 1. The average Bonchev–Trinajstić information content (AvgIpc) is 3.14. The number of nitrogens with one attached hydrogen (secondary N) is 1. The number of nitrogens with zero attached hydrogens (tertiary/aromatic N) is 3. The number of hydrogen-bond donors (Lipinski definition) is 1. The van der Waals surface area contributed by atoms with Crippen LogP contribution in [-0.2, 0) is 17.9 Å². The smallest absolute Gasteiger partial charge is 0.221 e. The summed E-state index contributed by atoms with van der Waals surface area (Å²) in [6.07, 6.45) is 8.24. The topological polar surface area (TPSA) is 50.2 Å². The summed E-state index contributed by atoms with van der Waals surface area (Å²) in [6, 6.07) is 8.70. The van der Waals surface area contributed by atoms with E-state index in [4.69, 9.17) is 0 Å². The Morgan fingerprint density at radius 1 is 1.36 bits per heavy atom. The molecule has 1 N–H and O–H groups in total. The maximum atomic E-state index is 11.0. The number of amides is 1. The molecule has 1 aliphatic rings. The predicted molar refractivity (Wildman–Crippen MR) is 86.4 cm³/mol. The third kappa shape index (κ3) is 3.74. The minimum absolute atomic E-state index is 0.0345. The van der Waals surface area contributed by atoms with Crippen LogP contribution in [0.2, 0.25) is 0 Å². The van der Waals surface area contributed by atoms with Crippen molar-refractivity contribution in [2.24, 2.45) is 0 Å². The Hall–Kier alpha value is -2.14. The molecule has 1 amide bonds. The average molecular weight is 298 g/mol. The zero-order valence-electron chi connectivity index (χ0n) is 12.9. The lowest BCUT2D eigenvalue weighted by atomic mass is 10.1. The van der Waals surface area contributed by atoms with Crippen molar-refractivity contribution in [2.45, 2.75) is 38.9 Å². The highest BCUT2D eigenvalue weighted by atomic mass is 16.1. The molecular weight excluding hydrogens is 276 g/mol. The lowest BCUT2D eigenvalue weighted by molar-refractivity contribution is -0.114. The quantitative estimate of drug-likeness (QED) is 0.922. The number of anilines is 1. The summed E-state index contributed by atoms with van der Waals surface area (Å²) in [7, 11) is 0. The molecule has 0 unspecified atom stereocenters. The monoisotopic (exact) mass is 298 g/mol. The van der Waals surface area contributed by atoms with Crippen LogP contribution in [0, 0.1) is 0 Å². The van der Waals surface area contributed by atoms with Gasteiger partial charge in [0.1, 0.15) is 0 Å². The number of hydrogen-bond acceptors (Lipinski definition) is 3. The van der Waals surface area contributed by atoms with Gasteiger partial charge >= 0.3 is 0 Å². The molecule has 1 aromatic heterocycles. The van der Waals surface area contributed by atoms with Gasteiger partial charge in [0.05, 0.1) is 6.33 Å². The number of carbonyl (C=O) groups excluding carboxylic acids is 1. The molecule has 3 rings (SSSR count). The molecule has 0 radical (unpaired) electrons. The fourth-order valence-electron chi connectivity index (χ4n) is 3.08. The number of likely N-dealkylation sites (tertiary alicyclic amines) is 1. The van der Waals surface area contributed by atoms with Crippen molar-refractivity contribution in [3.05, 3.63) is 48.5 Å². The molecule has 22 heavy (non-hydrogen) atoms. The van der Waals surface area contributed by atoms with E-state index in [-0.39, 0.29) is 5.91 Å². The van der Waals surface area contributed by atoms with E-state index in [0.29, 0.717) is 6.04 Å². The molecule has 5 heteroatoms. The van der Waals surface area contributed by atoms with Gasteiger partial charge in [-0.05, 0) is 37.1 Å². The van der Waals surface area contributed by atoms with Crippen LogP contribution in [-0.4, -0.2) is 32.9 Å². The number of carbonyl (C=O) groups is 1. The fourth-order valence-corrected chi connectivity index (χ4v) is 3.08. The van der Waals surface area contributed by atoms with Gasteiger partial charge in [-0.25, -0.2) is 4.98 Å². The van der Waals surface area contributed by atoms with Crippen LogP contribution in [0.1, 0.15) is 25.3 Å². The number of imidazole rings is 1. The van der Waals surface area contributed by atoms with Gasteiger partial charge in [0.15, 0.2) is 0 Å². The third-order valence-electron chi connectivity index (χ3n) is 4.14. The molecule has 1 fully saturated rings. The summed E-state index contributed by atoms with van der Waals surface area (Å²) in [5, 5.41) is 2.80. The fraction of sp³-hybridized carbons (Fsp3) is 0.412. The summed E-state index contributed by atoms with van der Waals surface area (Å²) in [5.41, 5.74) is 2.14. The van der Waals surface area contributed by atoms with Crippen LogP contribution in [0.3, 0.4) is 0 Å². The van der Waals surface area contributed by atoms with Crippen LogP contribution >= 0.6 is 0 Å². The van der Waals surface area contributed by atoms with Gasteiger partial charge in [0.25, 0.3) is 0 Å². The molecule has 5 nitrogen and oxygen atoms in total. The van der Waals surface area contributed by atoms with Crippen molar-refractivity contribution in [1.29, 1.82) is 0 Å². The van der Waals surface area contributed by atoms with Gasteiger partial charge in [-0.1, -0.05) is 12.1 Å². The SMILES string of the molecule is CC(=O)Nc1ccc(CN2CCC[C@H]2Cn2ccnc2)cc1. The van der Waals surface area contributed by atoms with Crippen molar-refractivity contribution >= 4 is 11.6 Å². The van der Waals surface area contributed by atoms with E-state index in [0.717, 1.165) is 25.3 Å². The van der Waals surface area contributed by atoms with E-state index in [1.165, 1.54) is 25.3 Å². The van der Waals surface area contributed by atoms with Crippen LogP contribution in [0.5, 0.6) is 0 Å². The van der Waals surface area contributed by atoms with Crippen LogP contribution in [0.4, 0.5) is 5.69 Å². The summed E-state index contributed by atoms with van der Waals surface area (Å²) in [5.74, 6) is -0.0345. The predicted octanol–water partition coefficient (Wildman–Crippen LogP) is 2.51. The zero-order valence-corrected chi connectivity index (χ0v) is 12.9. The van der Waals surface area contributed by atoms with E-state index < -0.39 is 0 Å². The van der Waals surface area contributed by atoms with Crippen molar-refractivity contribution < 1.29 is 4.79 Å². The lowest BCUT2D eigenvalue weighted by Crippen LogP contribution is -2.32. The molecule has 116 valence electrons. The van der Waals surface area contributed by atoms with Crippen molar-refractivity contribution in [3.8, 4) is 0 Å². The molecule has 0 saturated carbocycles. The highest BCUT2D eigenvalue weighted by Crippen LogP contribution is 2.22. The van der Waals surface area contributed by atoms with E-state index in [2.05, 4.69) is 31.9 Å². The minimum atomic E-state index is -0.0345. The first-order valence-corrected chi connectivity index (χ1v) is 7.77. The summed E-state index contributed by atoms with van der Waals surface area (Å²) in [4.78, 5) is 17.7. The zero-order chi connectivity index (χ0) is 15.4. The molecule has 1 saturated heterocycles. The summed E-state index contributed by atoms with van der Waals surface area (Å²) < 4.78 is 2.16. The highest BCUT2D eigenvalue weighted by Gasteiger charge is 2.24. The van der Waals surface area contributed by atoms with Crippen molar-refractivity contribution in [1.82, 2.24) is 14.5 Å². The third-order valence-corrected chi connectivity index (χ3v) is 4.14. The molecule has 1 aliphatic heterocycles. The second kappa shape index (κ2) is 6.75. The lowest BCUT2D eigenvalue weighted by Gasteiger charge is -2.25. The Bertz CT molecular complexity index is 606. The number of rotatable bonds is 5. The van der Waals surface area contributed by atoms with Crippen molar-refractivity contribution in [3.63, 3.8) is 0 Å². The molecule has 0 spiro atoms. The Morgan fingerprint density at radius 2 is 2.18 bits per heavy atom. The first-order chi connectivity index (χ1) is 10.7. The highest BCUT2D eigenvalue weighted by molar-refractivity contribution is 5.88. The van der Waals surface area contributed by atoms with E-state index in [1.807, 2.05) is 30.9 Å². The largest absolute Gasteiger partial charge is 0.336 e. The molecule has 1 aromatic carbocycles. The van der Waals surface area contributed by atoms with Crippen LogP contribution in [0.15, 0.2) is 43.0 Å².